The summed E-state index contributed by atoms with van der Waals surface area (Å²) in [7, 11) is 0. The highest BCUT2D eigenvalue weighted by Crippen LogP contribution is 2.48. The normalized spacial score (nSPS) is 14.1. The molecule has 6 aliphatic heterocycles. The molecule has 9 nitrogen and oxygen atoms in total. The number of fused-ring (bicyclic) bond motifs is 12. The Labute approximate surface area is 529 Å². The van der Waals surface area contributed by atoms with Crippen LogP contribution in [0.4, 0.5) is 51.2 Å². The largest absolute Gasteiger partial charge is 0.458 e. The van der Waals surface area contributed by atoms with Crippen LogP contribution in [0.3, 0.4) is 0 Å². The first-order chi connectivity index (χ1) is 47.2. The SMILES string of the molecule is [2H]c1c2c3c(c([2H])c1N(c1ccccc1)c1ccccc1)Oc1cc4c(cc1B3c1ccccc1O2)B1c2cc3c(cc2Oc2c([2H])c(N(c5ccccc5)c5ccccc5)c([2H])c(c21)O4)Oc1c([2H])c(N(c2ccccc2)c2ccccc2)c([2H])c2c1B3c1ccccc1O2. The lowest BCUT2D eigenvalue weighted by molar-refractivity contribution is 0.448. The second kappa shape index (κ2) is 19.9. The van der Waals surface area contributed by atoms with Gasteiger partial charge < -0.3 is 43.1 Å². The topological polar surface area (TPSA) is 65.1 Å². The Morgan fingerprint density at radius 3 is 0.667 bits per heavy atom. The first kappa shape index (κ1) is 44.7. The van der Waals surface area contributed by atoms with E-state index in [-0.39, 0.29) is 87.8 Å². The van der Waals surface area contributed by atoms with Gasteiger partial charge in [-0.2, -0.15) is 0 Å². The van der Waals surface area contributed by atoms with Crippen molar-refractivity contribution >= 4 is 120 Å². The standard InChI is InChI=1S/C78H48B3N3O6/c1-7-23-49(24-8-1)82(50-25-9-2-10-26-50)55-39-70-76-72(41-55)87-66-47-68-62(45-60(66)79(76)58-35-19-21-37-64(58)85-70)81-63-46-61-67(48-69(63)90-75-44-57(43-74(89-68)78(75)81)84(53-31-15-5-16-32-53)54-33-17-6-18-34-54)88-73-42-56(40-71-77(73)80(61)59-36-20-22-38-65(59)86-71)83(51-27-11-3-12-28-51)52-29-13-4-14-30-52/h1-48H/i39D,40D,41D,42D,43D,44D. The van der Waals surface area contributed by atoms with E-state index in [0.29, 0.717) is 73.2 Å². The lowest BCUT2D eigenvalue weighted by Crippen LogP contribution is -2.63. The quantitative estimate of drug-likeness (QED) is 0.132. The van der Waals surface area contributed by atoms with Gasteiger partial charge in [-0.25, -0.2) is 0 Å². The summed E-state index contributed by atoms with van der Waals surface area (Å²) in [5.74, 6) is 4.02. The molecule has 0 spiro atoms. The molecule has 19 rings (SSSR count). The molecule has 6 aliphatic rings. The van der Waals surface area contributed by atoms with E-state index in [0.717, 1.165) is 44.6 Å². The molecule has 0 radical (unpaired) electrons. The third-order valence-electron chi connectivity index (χ3n) is 17.7. The average molecular weight is 1160 g/mol. The lowest BCUT2D eigenvalue weighted by Gasteiger charge is -2.39. The first-order valence-electron chi connectivity index (χ1n) is 33.0. The van der Waals surface area contributed by atoms with E-state index in [1.165, 1.54) is 0 Å². The molecule has 0 atom stereocenters. The van der Waals surface area contributed by atoms with E-state index in [1.807, 2.05) is 257 Å². The van der Waals surface area contributed by atoms with Gasteiger partial charge in [-0.1, -0.05) is 158 Å². The molecule has 0 unspecified atom stereocenters. The zero-order chi connectivity index (χ0) is 64.2. The fourth-order valence-corrected chi connectivity index (χ4v) is 13.9. The van der Waals surface area contributed by atoms with Gasteiger partial charge in [0.05, 0.1) is 25.3 Å². The minimum Gasteiger partial charge on any atom is -0.458 e. The van der Waals surface area contributed by atoms with Crippen molar-refractivity contribution in [1.82, 2.24) is 0 Å². The molecule has 13 aromatic carbocycles. The fraction of sp³-hybridized carbons (Fsp3) is 0. The maximum atomic E-state index is 10.5. The van der Waals surface area contributed by atoms with Gasteiger partial charge in [0.15, 0.2) is 0 Å². The number of hydrogen-bond acceptors (Lipinski definition) is 9. The molecule has 0 aromatic heterocycles. The van der Waals surface area contributed by atoms with E-state index in [4.69, 9.17) is 28.4 Å². The van der Waals surface area contributed by atoms with Crippen molar-refractivity contribution in [1.29, 1.82) is 0 Å². The Balaban J connectivity index is 0.849. The predicted molar refractivity (Wildman–Crippen MR) is 364 cm³/mol. The number of nitrogens with zero attached hydrogens (tertiary/aromatic N) is 3. The summed E-state index contributed by atoms with van der Waals surface area (Å²) in [5, 5.41) is 0. The molecule has 0 fully saturated rings. The van der Waals surface area contributed by atoms with Crippen LogP contribution in [0.25, 0.3) is 0 Å². The monoisotopic (exact) mass is 1160 g/mol. The molecule has 0 aliphatic carbocycles. The van der Waals surface area contributed by atoms with Gasteiger partial charge in [0, 0.05) is 98.9 Å². The average Bonchev–Trinajstić information content (AvgIpc) is 0.696. The molecule has 0 saturated carbocycles. The third-order valence-corrected chi connectivity index (χ3v) is 17.7. The Morgan fingerprint density at radius 2 is 0.411 bits per heavy atom. The number of anilines is 9. The van der Waals surface area contributed by atoms with Crippen LogP contribution in [0.15, 0.2) is 291 Å². The van der Waals surface area contributed by atoms with E-state index in [1.54, 1.807) is 0 Å². The highest BCUT2D eigenvalue weighted by Gasteiger charge is 2.48. The van der Waals surface area contributed by atoms with Crippen molar-refractivity contribution in [3.63, 3.8) is 0 Å². The van der Waals surface area contributed by atoms with Crippen molar-refractivity contribution in [2.45, 2.75) is 0 Å². The van der Waals surface area contributed by atoms with Crippen LogP contribution in [-0.4, -0.2) is 20.1 Å². The van der Waals surface area contributed by atoms with E-state index in [9.17, 15) is 8.22 Å². The lowest BCUT2D eigenvalue weighted by atomic mass is 9.30. The van der Waals surface area contributed by atoms with Crippen molar-refractivity contribution < 1.29 is 36.6 Å². The van der Waals surface area contributed by atoms with Crippen LogP contribution in [0.5, 0.6) is 69.0 Å². The van der Waals surface area contributed by atoms with Crippen molar-refractivity contribution in [3.8, 4) is 69.0 Å². The number of rotatable bonds is 9. The summed E-state index contributed by atoms with van der Waals surface area (Å²) < 4.78 is 105. The summed E-state index contributed by atoms with van der Waals surface area (Å²) in [5.41, 5.74) is 11.1. The predicted octanol–water partition coefficient (Wildman–Crippen LogP) is 14.3. The zero-order valence-corrected chi connectivity index (χ0v) is 47.8. The molecule has 0 saturated heterocycles. The van der Waals surface area contributed by atoms with Crippen molar-refractivity contribution in [2.75, 3.05) is 14.7 Å². The van der Waals surface area contributed by atoms with Crippen LogP contribution in [0.1, 0.15) is 8.22 Å². The molecule has 12 heteroatoms. The molecule has 420 valence electrons. The van der Waals surface area contributed by atoms with Crippen molar-refractivity contribution in [2.24, 2.45) is 0 Å². The summed E-state index contributed by atoms with van der Waals surface area (Å²) in [4.78, 5) is 5.69. The highest BCUT2D eigenvalue weighted by atomic mass is 16.5. The Morgan fingerprint density at radius 1 is 0.200 bits per heavy atom. The van der Waals surface area contributed by atoms with Crippen LogP contribution in [0.2, 0.25) is 0 Å². The Kier molecular flexibility index (Phi) is 9.88. The molecule has 13 aromatic rings. The smallest absolute Gasteiger partial charge is 0.260 e. The molecule has 0 amide bonds. The minimum absolute atomic E-state index is 0.0116. The number of para-hydroxylation sites is 8. The van der Waals surface area contributed by atoms with Gasteiger partial charge in [0.2, 0.25) is 0 Å². The van der Waals surface area contributed by atoms with Crippen LogP contribution in [-0.2, 0) is 0 Å². The summed E-state index contributed by atoms with van der Waals surface area (Å²) in [6.07, 6.45) is 0. The van der Waals surface area contributed by atoms with Crippen molar-refractivity contribution in [3.05, 3.63) is 291 Å². The molecule has 0 N–H and O–H groups in total. The van der Waals surface area contributed by atoms with Crippen LogP contribution >= 0.6 is 0 Å². The minimum atomic E-state index is -0.772. The van der Waals surface area contributed by atoms with E-state index >= 15 is 0 Å². The third kappa shape index (κ3) is 7.87. The Bertz CT molecular complexity index is 5030. The summed E-state index contributed by atoms with van der Waals surface area (Å²) >= 11 is 0. The second-order valence-electron chi connectivity index (χ2n) is 22.9. The van der Waals surface area contributed by atoms with Gasteiger partial charge in [-0.05, 0) is 118 Å². The maximum Gasteiger partial charge on any atom is 0.260 e. The highest BCUT2D eigenvalue weighted by molar-refractivity contribution is 7.02. The van der Waals surface area contributed by atoms with Crippen LogP contribution in [0, 0.1) is 0 Å². The van der Waals surface area contributed by atoms with Crippen LogP contribution < -0.4 is 92.3 Å². The number of benzene rings is 13. The molecule has 0 bridgehead atoms. The Hall–Kier alpha value is -11.7. The van der Waals surface area contributed by atoms with E-state index in [2.05, 4.69) is 12.1 Å². The first-order valence-corrected chi connectivity index (χ1v) is 30.0. The maximum absolute atomic E-state index is 10.5. The van der Waals surface area contributed by atoms with E-state index < -0.39 is 20.1 Å². The summed E-state index contributed by atoms with van der Waals surface area (Å²) in [6.45, 7) is -2.00. The number of hydrogen-bond donors (Lipinski definition) is 0. The fourth-order valence-electron chi connectivity index (χ4n) is 13.9. The molecular weight excluding hydrogens is 1110 g/mol. The van der Waals surface area contributed by atoms with Gasteiger partial charge in [-0.3, -0.25) is 0 Å². The van der Waals surface area contributed by atoms with Gasteiger partial charge in [-0.15, -0.1) is 0 Å². The molecule has 90 heavy (non-hydrogen) atoms. The second-order valence-corrected chi connectivity index (χ2v) is 22.9. The molecular formula is C78H48B3N3O6. The number of ether oxygens (including phenoxy) is 6. The van der Waals surface area contributed by atoms with Gasteiger partial charge in [0.1, 0.15) is 69.0 Å². The van der Waals surface area contributed by atoms with Gasteiger partial charge in [0.25, 0.3) is 20.1 Å². The molecule has 6 heterocycles. The van der Waals surface area contributed by atoms with Gasteiger partial charge >= 0.3 is 0 Å². The zero-order valence-electron chi connectivity index (χ0n) is 53.8. The summed E-state index contributed by atoms with van der Waals surface area (Å²) in [6, 6.07) is 81.5.